The van der Waals surface area contributed by atoms with Crippen molar-refractivity contribution in [2.45, 2.75) is 58.0 Å². The molecule has 0 radical (unpaired) electrons. The number of carboxylic acids is 1. The monoisotopic (exact) mass is 387 g/mol. The highest BCUT2D eigenvalue weighted by atomic mass is 32.2. The number of hydrogen-bond acceptors (Lipinski definition) is 6. The van der Waals surface area contributed by atoms with Gasteiger partial charge in [-0.3, -0.25) is 14.4 Å². The van der Waals surface area contributed by atoms with Gasteiger partial charge in [-0.05, 0) is 38.6 Å². The molecule has 0 saturated carbocycles. The fourth-order valence-corrected chi connectivity index (χ4v) is 3.55. The van der Waals surface area contributed by atoms with Gasteiger partial charge in [0.1, 0.15) is 12.1 Å². The molecule has 0 spiro atoms. The van der Waals surface area contributed by atoms with E-state index in [0.717, 1.165) is 11.8 Å². The maximum Gasteiger partial charge on any atom is 0.326 e. The van der Waals surface area contributed by atoms with E-state index in [1.165, 1.54) is 11.8 Å². The van der Waals surface area contributed by atoms with Crippen LogP contribution in [0.25, 0.3) is 0 Å². The number of nitrogens with one attached hydrogen (secondary N) is 1. The molecule has 3 atom stereocenters. The van der Waals surface area contributed by atoms with Crippen molar-refractivity contribution in [3.8, 4) is 0 Å². The SMILES string of the molecule is CC(=O)SCC(C)C(=O)N1CCC[C@H]1C(=O)N[C@@H](CCCCN)C(=O)O. The minimum absolute atomic E-state index is 0.0536. The Morgan fingerprint density at radius 3 is 2.58 bits per heavy atom. The molecule has 1 rings (SSSR count). The first-order chi connectivity index (χ1) is 12.3. The van der Waals surface area contributed by atoms with E-state index >= 15 is 0 Å². The van der Waals surface area contributed by atoms with E-state index in [0.29, 0.717) is 50.9 Å². The van der Waals surface area contributed by atoms with Crippen molar-refractivity contribution in [1.29, 1.82) is 0 Å². The molecule has 148 valence electrons. The fourth-order valence-electron chi connectivity index (χ4n) is 2.92. The summed E-state index contributed by atoms with van der Waals surface area (Å²) in [6.07, 6.45) is 2.82. The molecule has 8 nitrogen and oxygen atoms in total. The van der Waals surface area contributed by atoms with Gasteiger partial charge < -0.3 is 21.1 Å². The van der Waals surface area contributed by atoms with E-state index in [2.05, 4.69) is 5.32 Å². The zero-order chi connectivity index (χ0) is 19.7. The molecule has 0 aromatic rings. The summed E-state index contributed by atoms with van der Waals surface area (Å²) in [5.74, 6) is -1.70. The number of nitrogens with two attached hydrogens (primary N) is 1. The van der Waals surface area contributed by atoms with E-state index in [4.69, 9.17) is 5.73 Å². The Morgan fingerprint density at radius 2 is 2.00 bits per heavy atom. The lowest BCUT2D eigenvalue weighted by atomic mass is 10.1. The van der Waals surface area contributed by atoms with Gasteiger partial charge in [-0.15, -0.1) is 0 Å². The maximum atomic E-state index is 12.6. The van der Waals surface area contributed by atoms with Gasteiger partial charge in [0.25, 0.3) is 0 Å². The molecule has 1 heterocycles. The highest BCUT2D eigenvalue weighted by Gasteiger charge is 2.37. The van der Waals surface area contributed by atoms with Crippen molar-refractivity contribution in [2.75, 3.05) is 18.8 Å². The van der Waals surface area contributed by atoms with Crippen molar-refractivity contribution >= 4 is 34.7 Å². The summed E-state index contributed by atoms with van der Waals surface area (Å²) in [6.45, 7) is 4.13. The number of aliphatic carboxylic acids is 1. The molecule has 9 heteroatoms. The van der Waals surface area contributed by atoms with Crippen LogP contribution in [0.5, 0.6) is 0 Å². The number of nitrogens with zero attached hydrogens (tertiary/aromatic N) is 1. The molecule has 4 N–H and O–H groups in total. The Morgan fingerprint density at radius 1 is 1.31 bits per heavy atom. The first-order valence-corrected chi connectivity index (χ1v) is 9.93. The highest BCUT2D eigenvalue weighted by molar-refractivity contribution is 8.13. The fraction of sp³-hybridized carbons (Fsp3) is 0.765. The second-order valence-electron chi connectivity index (χ2n) is 6.58. The van der Waals surface area contributed by atoms with Crippen molar-refractivity contribution in [3.05, 3.63) is 0 Å². The topological polar surface area (TPSA) is 130 Å². The molecular weight excluding hydrogens is 358 g/mol. The van der Waals surface area contributed by atoms with Gasteiger partial charge in [-0.1, -0.05) is 18.7 Å². The molecule has 2 amide bonds. The molecule has 0 aromatic carbocycles. The predicted molar refractivity (Wildman–Crippen MR) is 99.5 cm³/mol. The normalized spacial score (nSPS) is 19.0. The number of carbonyl (C=O) groups is 4. The first kappa shape index (κ1) is 22.4. The molecule has 26 heavy (non-hydrogen) atoms. The summed E-state index contributed by atoms with van der Waals surface area (Å²) in [7, 11) is 0. The highest BCUT2D eigenvalue weighted by Crippen LogP contribution is 2.22. The lowest BCUT2D eigenvalue weighted by Gasteiger charge is -2.27. The number of carboxylic acid groups (broad SMARTS) is 1. The third kappa shape index (κ3) is 6.95. The van der Waals surface area contributed by atoms with Crippen LogP contribution >= 0.6 is 11.8 Å². The van der Waals surface area contributed by atoms with Crippen LogP contribution in [0.3, 0.4) is 0 Å². The van der Waals surface area contributed by atoms with E-state index < -0.39 is 24.0 Å². The number of carbonyl (C=O) groups excluding carboxylic acids is 3. The van der Waals surface area contributed by atoms with Gasteiger partial charge in [-0.2, -0.15) is 0 Å². The maximum absolute atomic E-state index is 12.6. The van der Waals surface area contributed by atoms with Crippen molar-refractivity contribution in [1.82, 2.24) is 10.2 Å². The largest absolute Gasteiger partial charge is 0.480 e. The van der Waals surface area contributed by atoms with Gasteiger partial charge in [0.05, 0.1) is 0 Å². The molecule has 1 saturated heterocycles. The summed E-state index contributed by atoms with van der Waals surface area (Å²) < 4.78 is 0. The molecule has 0 bridgehead atoms. The van der Waals surface area contributed by atoms with Gasteiger partial charge >= 0.3 is 5.97 Å². The van der Waals surface area contributed by atoms with Crippen LogP contribution in [0, 0.1) is 5.92 Å². The Bertz CT molecular complexity index is 529. The number of rotatable bonds is 10. The van der Waals surface area contributed by atoms with Crippen LogP contribution in [0.15, 0.2) is 0 Å². The van der Waals surface area contributed by atoms with E-state index in [9.17, 15) is 24.3 Å². The second-order valence-corrected chi connectivity index (χ2v) is 7.77. The molecule has 1 aliphatic rings. The van der Waals surface area contributed by atoms with Crippen molar-refractivity contribution in [2.24, 2.45) is 11.7 Å². The van der Waals surface area contributed by atoms with Crippen molar-refractivity contribution < 1.29 is 24.3 Å². The minimum Gasteiger partial charge on any atom is -0.480 e. The summed E-state index contributed by atoms with van der Waals surface area (Å²) in [6, 6.07) is -1.62. The molecule has 0 aliphatic carbocycles. The van der Waals surface area contributed by atoms with E-state index in [1.54, 1.807) is 6.92 Å². The van der Waals surface area contributed by atoms with Gasteiger partial charge in [0.2, 0.25) is 11.8 Å². The smallest absolute Gasteiger partial charge is 0.326 e. The van der Waals surface area contributed by atoms with Gasteiger partial charge in [0, 0.05) is 25.1 Å². The Kier molecular flexibility index (Phi) is 9.64. The lowest BCUT2D eigenvalue weighted by Crippen LogP contribution is -2.51. The summed E-state index contributed by atoms with van der Waals surface area (Å²) in [4.78, 5) is 49.1. The van der Waals surface area contributed by atoms with Crippen molar-refractivity contribution in [3.63, 3.8) is 0 Å². The quantitative estimate of drug-likeness (QED) is 0.468. The molecule has 1 unspecified atom stereocenters. The molecule has 1 fully saturated rings. The number of thioether (sulfide) groups is 1. The predicted octanol–water partition coefficient (Wildman–Crippen LogP) is 0.592. The third-order valence-electron chi connectivity index (χ3n) is 4.36. The van der Waals surface area contributed by atoms with Crippen LogP contribution in [0.1, 0.15) is 46.0 Å². The van der Waals surface area contributed by atoms with E-state index in [-0.39, 0.29) is 16.9 Å². The minimum atomic E-state index is -1.09. The first-order valence-electron chi connectivity index (χ1n) is 8.95. The number of unbranched alkanes of at least 4 members (excludes halogenated alkanes) is 1. The van der Waals surface area contributed by atoms with Gasteiger partial charge in [-0.25, -0.2) is 4.79 Å². The molecule has 1 aliphatic heterocycles. The van der Waals surface area contributed by atoms with E-state index in [1.807, 2.05) is 0 Å². The average Bonchev–Trinajstić information content (AvgIpc) is 3.07. The van der Waals surface area contributed by atoms with Crippen LogP contribution in [0.2, 0.25) is 0 Å². The lowest BCUT2D eigenvalue weighted by molar-refractivity contribution is -0.144. The Balaban J connectivity index is 2.66. The Labute approximate surface area is 158 Å². The van der Waals surface area contributed by atoms with Crippen LogP contribution in [-0.2, 0) is 19.2 Å². The summed E-state index contributed by atoms with van der Waals surface area (Å²) >= 11 is 1.09. The van der Waals surface area contributed by atoms with Crippen LogP contribution < -0.4 is 11.1 Å². The Hall–Kier alpha value is -1.61. The summed E-state index contributed by atoms with van der Waals surface area (Å²) in [5, 5.41) is 11.8. The number of hydrogen-bond donors (Lipinski definition) is 3. The summed E-state index contributed by atoms with van der Waals surface area (Å²) in [5.41, 5.74) is 5.41. The van der Waals surface area contributed by atoms with Gasteiger partial charge in [0.15, 0.2) is 5.12 Å². The molecule has 0 aromatic heterocycles. The zero-order valence-corrected chi connectivity index (χ0v) is 16.2. The average molecular weight is 388 g/mol. The second kappa shape index (κ2) is 11.2. The number of likely N-dealkylation sites (tertiary alicyclic amines) is 1. The number of amides is 2. The third-order valence-corrected chi connectivity index (χ3v) is 5.43. The standard InChI is InChI=1S/C17H29N3O5S/c1-11(10-26-12(2)21)16(23)20-9-5-7-14(20)15(22)19-13(17(24)25)6-3-4-8-18/h11,13-14H,3-10,18H2,1-2H3,(H,19,22)(H,24,25)/t11?,13-,14-/m0/s1. The molecular formula is C17H29N3O5S. The van der Waals surface area contributed by atoms with Crippen LogP contribution in [-0.4, -0.2) is 63.8 Å². The van der Waals surface area contributed by atoms with Crippen LogP contribution in [0.4, 0.5) is 0 Å². The zero-order valence-electron chi connectivity index (χ0n) is 15.4.